The molecule has 0 aromatic heterocycles. The first-order valence-corrected chi connectivity index (χ1v) is 9.96. The second-order valence-corrected chi connectivity index (χ2v) is 8.69. The molecule has 2 N–H and O–H groups in total. The summed E-state index contributed by atoms with van der Waals surface area (Å²) in [5.74, 6) is -0.206. The van der Waals surface area contributed by atoms with Gasteiger partial charge in [-0.15, -0.1) is 0 Å². The molecule has 1 unspecified atom stereocenters. The SMILES string of the molecule is CC(C)C(CO)NC(=O)c1ccc(Cl)c(N2CCCCS2(=O)=O)c1. The van der Waals surface area contributed by atoms with Gasteiger partial charge in [0.1, 0.15) is 0 Å². The van der Waals surface area contributed by atoms with Crippen LogP contribution in [0, 0.1) is 5.92 Å². The van der Waals surface area contributed by atoms with Crippen molar-refractivity contribution in [2.24, 2.45) is 5.92 Å². The van der Waals surface area contributed by atoms with Crippen molar-refractivity contribution in [3.8, 4) is 0 Å². The van der Waals surface area contributed by atoms with Crippen molar-refractivity contribution < 1.29 is 18.3 Å². The van der Waals surface area contributed by atoms with Crippen LogP contribution in [0.2, 0.25) is 5.02 Å². The van der Waals surface area contributed by atoms with E-state index in [1.54, 1.807) is 6.07 Å². The van der Waals surface area contributed by atoms with Gasteiger partial charge in [0, 0.05) is 12.1 Å². The number of sulfonamides is 1. The fraction of sp³-hybridized carbons (Fsp3) is 0.562. The summed E-state index contributed by atoms with van der Waals surface area (Å²) >= 11 is 6.17. The molecule has 8 heteroatoms. The molecule has 1 saturated heterocycles. The van der Waals surface area contributed by atoms with Gasteiger partial charge in [0.2, 0.25) is 10.0 Å². The number of halogens is 1. The van der Waals surface area contributed by atoms with Gasteiger partial charge in [0.05, 0.1) is 29.1 Å². The maximum atomic E-state index is 12.4. The van der Waals surface area contributed by atoms with Gasteiger partial charge in [-0.3, -0.25) is 9.10 Å². The highest BCUT2D eigenvalue weighted by Crippen LogP contribution is 2.31. The molecule has 2 rings (SSSR count). The van der Waals surface area contributed by atoms with Crippen LogP contribution < -0.4 is 9.62 Å². The first-order valence-electron chi connectivity index (χ1n) is 7.98. The lowest BCUT2D eigenvalue weighted by Crippen LogP contribution is -2.41. The molecule has 1 aliphatic heterocycles. The highest BCUT2D eigenvalue weighted by Gasteiger charge is 2.28. The Bertz CT molecular complexity index is 706. The number of carbonyl (C=O) groups is 1. The molecular formula is C16H23ClN2O4S. The fourth-order valence-electron chi connectivity index (χ4n) is 2.58. The van der Waals surface area contributed by atoms with E-state index in [1.807, 2.05) is 13.8 Å². The zero-order valence-electron chi connectivity index (χ0n) is 13.8. The molecular weight excluding hydrogens is 352 g/mol. The van der Waals surface area contributed by atoms with Crippen LogP contribution in [0.4, 0.5) is 5.69 Å². The van der Waals surface area contributed by atoms with E-state index < -0.39 is 10.0 Å². The number of nitrogens with one attached hydrogen (secondary N) is 1. The molecule has 1 atom stereocenters. The predicted octanol–water partition coefficient (Wildman–Crippen LogP) is 2.02. The number of aliphatic hydroxyl groups excluding tert-OH is 1. The van der Waals surface area contributed by atoms with Crippen LogP contribution in [0.1, 0.15) is 37.0 Å². The van der Waals surface area contributed by atoms with Crippen molar-refractivity contribution in [1.29, 1.82) is 0 Å². The van der Waals surface area contributed by atoms with E-state index in [0.29, 0.717) is 29.2 Å². The third kappa shape index (κ3) is 4.20. The minimum absolute atomic E-state index is 0.0770. The highest BCUT2D eigenvalue weighted by molar-refractivity contribution is 7.92. The van der Waals surface area contributed by atoms with Crippen LogP contribution in [0.15, 0.2) is 18.2 Å². The van der Waals surface area contributed by atoms with E-state index in [2.05, 4.69) is 5.32 Å². The summed E-state index contributed by atoms with van der Waals surface area (Å²) in [6.45, 7) is 3.99. The van der Waals surface area contributed by atoms with E-state index in [-0.39, 0.29) is 30.2 Å². The molecule has 1 aromatic rings. The molecule has 0 spiro atoms. The summed E-state index contributed by atoms with van der Waals surface area (Å²) in [6, 6.07) is 4.21. The lowest BCUT2D eigenvalue weighted by Gasteiger charge is -2.29. The number of carbonyl (C=O) groups excluding carboxylic acids is 1. The topological polar surface area (TPSA) is 86.7 Å². The van der Waals surface area contributed by atoms with Crippen molar-refractivity contribution in [1.82, 2.24) is 5.32 Å². The minimum Gasteiger partial charge on any atom is -0.394 e. The summed E-state index contributed by atoms with van der Waals surface area (Å²) in [5.41, 5.74) is 0.642. The van der Waals surface area contributed by atoms with Gasteiger partial charge in [-0.1, -0.05) is 25.4 Å². The number of anilines is 1. The normalized spacial score (nSPS) is 18.5. The van der Waals surface area contributed by atoms with Gasteiger partial charge >= 0.3 is 0 Å². The van der Waals surface area contributed by atoms with Crippen LogP contribution >= 0.6 is 11.6 Å². The number of amides is 1. The van der Waals surface area contributed by atoms with Gasteiger partial charge in [0.25, 0.3) is 5.91 Å². The Morgan fingerprint density at radius 1 is 1.38 bits per heavy atom. The summed E-state index contributed by atoms with van der Waals surface area (Å²) in [4.78, 5) is 12.4. The number of nitrogens with zero attached hydrogens (tertiary/aromatic N) is 1. The average Bonchev–Trinajstić information content (AvgIpc) is 2.52. The number of benzene rings is 1. The first kappa shape index (κ1) is 19.0. The quantitative estimate of drug-likeness (QED) is 0.825. The van der Waals surface area contributed by atoms with Crippen molar-refractivity contribution >= 4 is 33.2 Å². The molecule has 0 radical (unpaired) electrons. The summed E-state index contributed by atoms with van der Waals surface area (Å²) < 4.78 is 25.8. The molecule has 6 nitrogen and oxygen atoms in total. The van der Waals surface area contributed by atoms with Gasteiger partial charge < -0.3 is 10.4 Å². The summed E-state index contributed by atoms with van der Waals surface area (Å²) in [5, 5.41) is 12.4. The number of hydrogen-bond donors (Lipinski definition) is 2. The van der Waals surface area contributed by atoms with E-state index in [1.165, 1.54) is 16.4 Å². The zero-order chi connectivity index (χ0) is 17.9. The summed E-state index contributed by atoms with van der Waals surface area (Å²) in [6.07, 6.45) is 1.38. The van der Waals surface area contributed by atoms with E-state index in [0.717, 1.165) is 6.42 Å². The maximum Gasteiger partial charge on any atom is 0.251 e. The third-order valence-electron chi connectivity index (χ3n) is 4.14. The smallest absolute Gasteiger partial charge is 0.251 e. The molecule has 0 bridgehead atoms. The maximum absolute atomic E-state index is 12.4. The molecule has 134 valence electrons. The third-order valence-corrected chi connectivity index (χ3v) is 6.32. The summed E-state index contributed by atoms with van der Waals surface area (Å²) in [7, 11) is -3.41. The molecule has 0 aliphatic carbocycles. The average molecular weight is 375 g/mol. The number of rotatable bonds is 5. The minimum atomic E-state index is -3.41. The number of aliphatic hydroxyl groups is 1. The van der Waals surface area contributed by atoms with E-state index in [9.17, 15) is 18.3 Å². The van der Waals surface area contributed by atoms with Gasteiger partial charge in [-0.25, -0.2) is 8.42 Å². The van der Waals surface area contributed by atoms with Crippen LogP contribution in [0.5, 0.6) is 0 Å². The van der Waals surface area contributed by atoms with Crippen molar-refractivity contribution in [2.45, 2.75) is 32.7 Å². The Balaban J connectivity index is 2.30. The monoisotopic (exact) mass is 374 g/mol. The Hall–Kier alpha value is -1.31. The van der Waals surface area contributed by atoms with Crippen molar-refractivity contribution in [3.05, 3.63) is 28.8 Å². The molecule has 1 heterocycles. The van der Waals surface area contributed by atoms with Gasteiger partial charge in [0.15, 0.2) is 0 Å². The van der Waals surface area contributed by atoms with E-state index in [4.69, 9.17) is 11.6 Å². The highest BCUT2D eigenvalue weighted by atomic mass is 35.5. The van der Waals surface area contributed by atoms with E-state index >= 15 is 0 Å². The lowest BCUT2D eigenvalue weighted by molar-refractivity contribution is 0.0897. The van der Waals surface area contributed by atoms with Gasteiger partial charge in [-0.05, 0) is 37.0 Å². The predicted molar refractivity (Wildman–Crippen MR) is 95.0 cm³/mol. The first-order chi connectivity index (χ1) is 11.3. The molecule has 1 fully saturated rings. The second kappa shape index (κ2) is 7.72. The van der Waals surface area contributed by atoms with Crippen LogP contribution in [0.3, 0.4) is 0 Å². The van der Waals surface area contributed by atoms with Crippen LogP contribution in [-0.4, -0.2) is 44.4 Å². The molecule has 24 heavy (non-hydrogen) atoms. The Morgan fingerprint density at radius 3 is 2.67 bits per heavy atom. The van der Waals surface area contributed by atoms with Gasteiger partial charge in [-0.2, -0.15) is 0 Å². The standard InChI is InChI=1S/C16H23ClN2O4S/c1-11(2)14(10-20)18-16(21)12-5-6-13(17)15(9-12)19-7-3-4-8-24(19,22)23/h5-6,9,11,14,20H,3-4,7-8,10H2,1-2H3,(H,18,21). The molecule has 0 saturated carbocycles. The van der Waals surface area contributed by atoms with Crippen LogP contribution in [-0.2, 0) is 10.0 Å². The Kier molecular flexibility index (Phi) is 6.11. The van der Waals surface area contributed by atoms with Crippen LogP contribution in [0.25, 0.3) is 0 Å². The molecule has 1 aliphatic rings. The largest absolute Gasteiger partial charge is 0.394 e. The lowest BCUT2D eigenvalue weighted by atomic mass is 10.0. The van der Waals surface area contributed by atoms with Crippen molar-refractivity contribution in [3.63, 3.8) is 0 Å². The molecule has 1 aromatic carbocycles. The Morgan fingerprint density at radius 2 is 2.08 bits per heavy atom. The zero-order valence-corrected chi connectivity index (χ0v) is 15.4. The Labute approximate surface area is 147 Å². The number of hydrogen-bond acceptors (Lipinski definition) is 4. The fourth-order valence-corrected chi connectivity index (χ4v) is 4.50. The molecule has 1 amide bonds. The van der Waals surface area contributed by atoms with Crippen molar-refractivity contribution in [2.75, 3.05) is 23.2 Å². The second-order valence-electron chi connectivity index (χ2n) is 6.27.